The van der Waals surface area contributed by atoms with Crippen molar-refractivity contribution in [1.29, 1.82) is 0 Å². The molecule has 5 aromatic carbocycles. The summed E-state index contributed by atoms with van der Waals surface area (Å²) in [6.45, 7) is 6.04. The summed E-state index contributed by atoms with van der Waals surface area (Å²) >= 11 is 3.35. The van der Waals surface area contributed by atoms with Crippen LogP contribution in [0.5, 0.6) is 0 Å². The lowest BCUT2D eigenvalue weighted by Crippen LogP contribution is -2.14. The quantitative estimate of drug-likeness (QED) is 0.159. The molecule has 0 amide bonds. The summed E-state index contributed by atoms with van der Waals surface area (Å²) in [7, 11) is 0. The zero-order chi connectivity index (χ0) is 31.3. The van der Waals surface area contributed by atoms with E-state index < -0.39 is 0 Å². The summed E-state index contributed by atoms with van der Waals surface area (Å²) < 4.78 is 4.56. The van der Waals surface area contributed by atoms with Gasteiger partial charge >= 0.3 is 0 Å². The maximum Gasteiger partial charge on any atom is 0.190 e. The van der Waals surface area contributed by atoms with Crippen LogP contribution in [0.4, 0.5) is 11.4 Å². The van der Waals surface area contributed by atoms with E-state index in [0.717, 1.165) is 34.1 Å². The van der Waals surface area contributed by atoms with Crippen molar-refractivity contribution < 1.29 is 0 Å². The number of nitrogens with zero attached hydrogens (tertiary/aromatic N) is 4. The Labute approximate surface area is 277 Å². The van der Waals surface area contributed by atoms with Crippen molar-refractivity contribution >= 4 is 34.0 Å². The number of benzene rings is 5. The number of thiazole rings is 2. The van der Waals surface area contributed by atoms with Gasteiger partial charge < -0.3 is 9.13 Å². The van der Waals surface area contributed by atoms with Gasteiger partial charge in [0.15, 0.2) is 9.60 Å². The molecule has 46 heavy (non-hydrogen) atoms. The minimum atomic E-state index is 0.845. The lowest BCUT2D eigenvalue weighted by atomic mass is 10.0. The third-order valence-corrected chi connectivity index (χ3v) is 9.83. The van der Waals surface area contributed by atoms with E-state index >= 15 is 0 Å². The van der Waals surface area contributed by atoms with Crippen LogP contribution >= 0.6 is 22.7 Å². The lowest BCUT2D eigenvalue weighted by Gasteiger charge is -2.08. The van der Waals surface area contributed by atoms with Crippen LogP contribution in [0.2, 0.25) is 0 Å². The van der Waals surface area contributed by atoms with Gasteiger partial charge in [0.25, 0.3) is 0 Å². The molecule has 0 bridgehead atoms. The summed E-state index contributed by atoms with van der Waals surface area (Å²) in [4.78, 5) is 12.0. The van der Waals surface area contributed by atoms with Crippen LogP contribution in [0, 0.1) is 0 Å². The lowest BCUT2D eigenvalue weighted by molar-refractivity contribution is 0.744. The third kappa shape index (κ3) is 6.23. The van der Waals surface area contributed by atoms with Crippen LogP contribution in [0.25, 0.3) is 44.8 Å². The van der Waals surface area contributed by atoms with Crippen molar-refractivity contribution in [2.75, 3.05) is 0 Å². The molecule has 2 aromatic heterocycles. The van der Waals surface area contributed by atoms with Gasteiger partial charge in [-0.15, -0.1) is 22.7 Å². The molecule has 7 rings (SSSR count). The predicted octanol–water partition coefficient (Wildman–Crippen LogP) is 10.6. The number of hydrogen-bond acceptors (Lipinski definition) is 4. The van der Waals surface area contributed by atoms with Crippen molar-refractivity contribution in [2.45, 2.75) is 26.9 Å². The van der Waals surface area contributed by atoms with Gasteiger partial charge in [-0.1, -0.05) is 109 Å². The average molecular weight is 635 g/mol. The highest BCUT2D eigenvalue weighted by Gasteiger charge is 2.09. The number of aromatic nitrogens is 2. The van der Waals surface area contributed by atoms with Gasteiger partial charge in [0, 0.05) is 23.8 Å². The van der Waals surface area contributed by atoms with Gasteiger partial charge in [-0.2, -0.15) is 0 Å². The topological polar surface area (TPSA) is 34.6 Å². The minimum Gasteiger partial charge on any atom is -0.317 e. The number of rotatable bonds is 8. The van der Waals surface area contributed by atoms with Crippen molar-refractivity contribution in [3.8, 4) is 44.8 Å². The van der Waals surface area contributed by atoms with E-state index in [0.29, 0.717) is 0 Å². The first kappa shape index (κ1) is 29.7. The Balaban J connectivity index is 1.12. The van der Waals surface area contributed by atoms with Gasteiger partial charge in [0.05, 0.1) is 22.8 Å². The van der Waals surface area contributed by atoms with Crippen molar-refractivity contribution in [1.82, 2.24) is 9.13 Å². The predicted molar refractivity (Wildman–Crippen MR) is 195 cm³/mol. The zero-order valence-electron chi connectivity index (χ0n) is 25.9. The SMILES string of the molecule is CCn1c(-c2ccc(-c3ccccc3)cc2)csc1=Nc1ccc(N=c2scc(-c3ccc(-c4ccccc4)cc3)n2CC)cc1. The molecule has 0 spiro atoms. The molecule has 0 aliphatic heterocycles. The molecule has 7 aromatic rings. The fourth-order valence-corrected chi connectivity index (χ4v) is 7.65. The molecular formula is C40H34N4S2. The standard InChI is InChI=1S/C40H34N4S2/c1-3-43-37(33-19-15-31(16-20-33)29-11-7-5-8-12-29)27-45-39(43)41-35-23-25-36(26-24-35)42-40-44(4-2)38(28-46-40)34-21-17-32(18-22-34)30-13-9-6-10-14-30/h5-28H,3-4H2,1-2H3. The van der Waals surface area contributed by atoms with E-state index in [1.54, 1.807) is 22.7 Å². The van der Waals surface area contributed by atoms with Gasteiger partial charge in [-0.25, -0.2) is 9.98 Å². The maximum absolute atomic E-state index is 5.02. The normalized spacial score (nSPS) is 12.1. The van der Waals surface area contributed by atoms with Crippen LogP contribution in [0.15, 0.2) is 154 Å². The molecule has 0 aliphatic carbocycles. The van der Waals surface area contributed by atoms with E-state index in [4.69, 9.17) is 9.98 Å². The highest BCUT2D eigenvalue weighted by molar-refractivity contribution is 7.07. The van der Waals surface area contributed by atoms with Crippen molar-refractivity contribution in [2.24, 2.45) is 9.98 Å². The fraction of sp³-hybridized carbons (Fsp3) is 0.100. The largest absolute Gasteiger partial charge is 0.317 e. The fourth-order valence-electron chi connectivity index (χ4n) is 5.66. The molecule has 0 N–H and O–H groups in total. The Bertz CT molecular complexity index is 2020. The molecule has 6 heteroatoms. The molecule has 0 aliphatic rings. The van der Waals surface area contributed by atoms with E-state index in [1.165, 1.54) is 44.8 Å². The third-order valence-electron chi connectivity index (χ3n) is 8.10. The molecule has 2 heterocycles. The minimum absolute atomic E-state index is 0.845. The van der Waals surface area contributed by atoms with E-state index in [1.807, 2.05) is 0 Å². The molecule has 0 saturated heterocycles. The van der Waals surface area contributed by atoms with Crippen molar-refractivity contribution in [3.05, 3.63) is 154 Å². The van der Waals surface area contributed by atoms with E-state index in [2.05, 4.69) is 167 Å². The summed E-state index contributed by atoms with van der Waals surface area (Å²) in [5, 5.41) is 4.41. The molecule has 0 fully saturated rings. The second kappa shape index (κ2) is 13.5. The molecular weight excluding hydrogens is 601 g/mol. The molecule has 226 valence electrons. The Morgan fingerprint density at radius 3 is 1.09 bits per heavy atom. The van der Waals surface area contributed by atoms with Crippen molar-refractivity contribution in [3.63, 3.8) is 0 Å². The van der Waals surface area contributed by atoms with E-state index in [9.17, 15) is 0 Å². The van der Waals surface area contributed by atoms with Gasteiger partial charge in [-0.3, -0.25) is 0 Å². The Hall–Kier alpha value is -5.04. The zero-order valence-corrected chi connectivity index (χ0v) is 27.5. The molecule has 0 saturated carbocycles. The van der Waals surface area contributed by atoms with Gasteiger partial charge in [-0.05, 0) is 71.5 Å². The van der Waals surface area contributed by atoms with Crippen LogP contribution < -0.4 is 9.60 Å². The first-order valence-electron chi connectivity index (χ1n) is 15.6. The highest BCUT2D eigenvalue weighted by atomic mass is 32.1. The Kier molecular flexibility index (Phi) is 8.72. The first-order valence-corrected chi connectivity index (χ1v) is 17.3. The second-order valence-electron chi connectivity index (χ2n) is 10.9. The maximum atomic E-state index is 5.02. The summed E-state index contributed by atoms with van der Waals surface area (Å²) in [6.07, 6.45) is 0. The second-order valence-corrected chi connectivity index (χ2v) is 12.6. The van der Waals surface area contributed by atoms with Gasteiger partial charge in [0.1, 0.15) is 0 Å². The van der Waals surface area contributed by atoms with Crippen LogP contribution in [0.1, 0.15) is 13.8 Å². The summed E-state index contributed by atoms with van der Waals surface area (Å²) in [5.41, 5.74) is 11.5. The summed E-state index contributed by atoms with van der Waals surface area (Å²) in [6, 6.07) is 46.8. The summed E-state index contributed by atoms with van der Waals surface area (Å²) in [5.74, 6) is 0. The number of hydrogen-bond donors (Lipinski definition) is 0. The molecule has 0 atom stereocenters. The monoisotopic (exact) mass is 634 g/mol. The smallest absolute Gasteiger partial charge is 0.190 e. The Morgan fingerprint density at radius 2 is 0.739 bits per heavy atom. The highest BCUT2D eigenvalue weighted by Crippen LogP contribution is 2.28. The van der Waals surface area contributed by atoms with Crippen LogP contribution in [0.3, 0.4) is 0 Å². The Morgan fingerprint density at radius 1 is 0.413 bits per heavy atom. The average Bonchev–Trinajstić information content (AvgIpc) is 3.73. The molecule has 4 nitrogen and oxygen atoms in total. The van der Waals surface area contributed by atoms with Crippen LogP contribution in [-0.2, 0) is 13.1 Å². The van der Waals surface area contributed by atoms with Gasteiger partial charge in [0.2, 0.25) is 0 Å². The van der Waals surface area contributed by atoms with Crippen LogP contribution in [-0.4, -0.2) is 9.13 Å². The van der Waals surface area contributed by atoms with E-state index in [-0.39, 0.29) is 0 Å². The molecule has 0 radical (unpaired) electrons. The first-order chi connectivity index (χ1) is 22.7. The molecule has 0 unspecified atom stereocenters.